The number of halogens is 1. The second-order valence-corrected chi connectivity index (χ2v) is 8.35. The molecule has 0 bridgehead atoms. The number of carboxylic acid groups (broad SMARTS) is 1. The van der Waals surface area contributed by atoms with Crippen LogP contribution in [0.5, 0.6) is 0 Å². The summed E-state index contributed by atoms with van der Waals surface area (Å²) < 4.78 is 13.1. The Balaban J connectivity index is 1.48. The molecule has 1 aliphatic rings. The number of nitrogens with one attached hydrogen (secondary N) is 1. The average molecular weight is 476 g/mol. The lowest BCUT2D eigenvalue weighted by molar-refractivity contribution is -0.122. The van der Waals surface area contributed by atoms with Crippen LogP contribution in [-0.4, -0.2) is 42.5 Å². The van der Waals surface area contributed by atoms with Crippen molar-refractivity contribution in [3.63, 3.8) is 0 Å². The van der Waals surface area contributed by atoms with Crippen LogP contribution in [0.3, 0.4) is 0 Å². The number of amides is 2. The number of carboxylic acids is 1. The lowest BCUT2D eigenvalue weighted by atomic mass is 10.1. The van der Waals surface area contributed by atoms with Crippen LogP contribution in [0.2, 0.25) is 0 Å². The minimum absolute atomic E-state index is 0.0411. The molecule has 3 aromatic rings. The van der Waals surface area contributed by atoms with E-state index in [1.165, 1.54) is 34.7 Å². The molecule has 0 saturated heterocycles. The van der Waals surface area contributed by atoms with Crippen LogP contribution in [0.4, 0.5) is 15.8 Å². The first-order valence-corrected chi connectivity index (χ1v) is 11.4. The largest absolute Gasteiger partial charge is 0.478 e. The van der Waals surface area contributed by atoms with Gasteiger partial charge in [-0.25, -0.2) is 9.18 Å². The highest BCUT2D eigenvalue weighted by atomic mass is 19.1. The number of aromatic carboxylic acids is 1. The lowest BCUT2D eigenvalue weighted by Gasteiger charge is -2.36. The molecule has 0 saturated carbocycles. The molecule has 1 aliphatic heterocycles. The number of carbonyl (C=O) groups is 3. The maximum absolute atomic E-state index is 13.1. The van der Waals surface area contributed by atoms with Crippen molar-refractivity contribution in [2.45, 2.75) is 19.4 Å². The topological polar surface area (TPSA) is 90.0 Å². The fraction of sp³-hybridized carbons (Fsp3) is 0.222. The third-order valence-corrected chi connectivity index (χ3v) is 5.91. The number of fused-ring (bicyclic) bond motifs is 1. The van der Waals surface area contributed by atoms with Crippen LogP contribution in [-0.2, 0) is 22.6 Å². The van der Waals surface area contributed by atoms with Crippen LogP contribution < -0.4 is 15.1 Å². The van der Waals surface area contributed by atoms with Crippen LogP contribution in [0.1, 0.15) is 27.9 Å². The Labute approximate surface area is 202 Å². The fourth-order valence-electron chi connectivity index (χ4n) is 4.11. The number of hydrogen-bond donors (Lipinski definition) is 2. The zero-order valence-corrected chi connectivity index (χ0v) is 19.1. The van der Waals surface area contributed by atoms with E-state index in [0.717, 1.165) is 18.4 Å². The van der Waals surface area contributed by atoms with Gasteiger partial charge in [-0.1, -0.05) is 42.5 Å². The predicted octanol–water partition coefficient (Wildman–Crippen LogP) is 3.63. The van der Waals surface area contributed by atoms with Crippen molar-refractivity contribution in [1.82, 2.24) is 5.32 Å². The summed E-state index contributed by atoms with van der Waals surface area (Å²) >= 11 is 0. The van der Waals surface area contributed by atoms with Crippen molar-refractivity contribution < 1.29 is 23.9 Å². The normalized spacial score (nSPS) is 13.0. The molecule has 0 fully saturated rings. The Hall–Kier alpha value is -4.04. The highest BCUT2D eigenvalue weighted by molar-refractivity contribution is 6.12. The van der Waals surface area contributed by atoms with Crippen LogP contribution in [0, 0.1) is 5.82 Å². The van der Waals surface area contributed by atoms with Crippen molar-refractivity contribution in [1.29, 1.82) is 0 Å². The molecular formula is C27H26FN3O4. The summed E-state index contributed by atoms with van der Waals surface area (Å²) in [5.41, 5.74) is 2.94. The second-order valence-electron chi connectivity index (χ2n) is 8.35. The van der Waals surface area contributed by atoms with E-state index < -0.39 is 5.97 Å². The van der Waals surface area contributed by atoms with E-state index in [1.807, 2.05) is 30.3 Å². The Kier molecular flexibility index (Phi) is 7.52. The number of benzene rings is 3. The first kappa shape index (κ1) is 24.1. The molecule has 35 heavy (non-hydrogen) atoms. The summed E-state index contributed by atoms with van der Waals surface area (Å²) in [4.78, 5) is 40.6. The molecule has 7 nitrogen and oxygen atoms in total. The maximum Gasteiger partial charge on any atom is 0.335 e. The summed E-state index contributed by atoms with van der Waals surface area (Å²) in [6.45, 7) is 0.577. The van der Waals surface area contributed by atoms with Crippen molar-refractivity contribution in [3.05, 3.63) is 95.3 Å². The Morgan fingerprint density at radius 1 is 0.943 bits per heavy atom. The standard InChI is InChI=1S/C27H26FN3O4/c28-22-11-8-20(9-12-22)16-29-17-25(32)31-18-26(33)30(14-4-7-19-5-2-1-3-6-19)23-13-10-21(27(34)35)15-24(23)31/h1-3,5-6,8-13,15,29H,4,7,14,16-18H2,(H,34,35). The molecule has 0 unspecified atom stereocenters. The molecule has 0 spiro atoms. The van der Waals surface area contributed by atoms with Crippen molar-refractivity contribution in [2.75, 3.05) is 29.4 Å². The van der Waals surface area contributed by atoms with E-state index in [0.29, 0.717) is 24.5 Å². The second kappa shape index (κ2) is 10.9. The van der Waals surface area contributed by atoms with Gasteiger partial charge in [-0.15, -0.1) is 0 Å². The van der Waals surface area contributed by atoms with Gasteiger partial charge in [0.2, 0.25) is 11.8 Å². The van der Waals surface area contributed by atoms with Gasteiger partial charge in [-0.2, -0.15) is 0 Å². The van der Waals surface area contributed by atoms with Gasteiger partial charge in [0.15, 0.2) is 0 Å². The van der Waals surface area contributed by atoms with E-state index in [9.17, 15) is 23.9 Å². The fourth-order valence-corrected chi connectivity index (χ4v) is 4.11. The quantitative estimate of drug-likeness (QED) is 0.493. The molecule has 1 heterocycles. The number of nitrogens with zero attached hydrogens (tertiary/aromatic N) is 2. The summed E-state index contributed by atoms with van der Waals surface area (Å²) in [5.74, 6) is -2.02. The van der Waals surface area contributed by atoms with Crippen molar-refractivity contribution in [2.24, 2.45) is 0 Å². The number of anilines is 2. The van der Waals surface area contributed by atoms with Crippen LogP contribution in [0.25, 0.3) is 0 Å². The van der Waals surface area contributed by atoms with Gasteiger partial charge in [-0.3, -0.25) is 14.5 Å². The van der Waals surface area contributed by atoms with Gasteiger partial charge in [-0.05, 0) is 54.3 Å². The Bertz CT molecular complexity index is 1210. The van der Waals surface area contributed by atoms with E-state index in [4.69, 9.17) is 0 Å². The van der Waals surface area contributed by atoms with Crippen LogP contribution >= 0.6 is 0 Å². The highest BCUT2D eigenvalue weighted by Gasteiger charge is 2.32. The van der Waals surface area contributed by atoms with Gasteiger partial charge in [0.25, 0.3) is 0 Å². The SMILES string of the molecule is O=C(O)c1ccc2c(c1)N(C(=O)CNCc1ccc(F)cc1)CC(=O)N2CCCc1ccccc1. The molecule has 0 aliphatic carbocycles. The van der Waals surface area contributed by atoms with Gasteiger partial charge >= 0.3 is 5.97 Å². The molecule has 3 aromatic carbocycles. The predicted molar refractivity (Wildman–Crippen MR) is 131 cm³/mol. The third-order valence-electron chi connectivity index (χ3n) is 5.91. The zero-order chi connectivity index (χ0) is 24.8. The van der Waals surface area contributed by atoms with Gasteiger partial charge in [0.05, 0.1) is 23.5 Å². The average Bonchev–Trinajstić information content (AvgIpc) is 2.86. The van der Waals surface area contributed by atoms with Gasteiger partial charge in [0, 0.05) is 13.1 Å². The molecule has 0 radical (unpaired) electrons. The summed E-state index contributed by atoms with van der Waals surface area (Å²) in [6.07, 6.45) is 1.52. The molecule has 2 N–H and O–H groups in total. The van der Waals surface area contributed by atoms with E-state index >= 15 is 0 Å². The number of carbonyl (C=O) groups excluding carboxylic acids is 2. The number of hydrogen-bond acceptors (Lipinski definition) is 4. The Morgan fingerprint density at radius 2 is 1.69 bits per heavy atom. The summed E-state index contributed by atoms with van der Waals surface area (Å²) in [6, 6.07) is 20.4. The lowest BCUT2D eigenvalue weighted by Crippen LogP contribution is -2.50. The van der Waals surface area contributed by atoms with Gasteiger partial charge < -0.3 is 15.3 Å². The minimum Gasteiger partial charge on any atom is -0.478 e. The number of rotatable bonds is 9. The van der Waals surface area contributed by atoms with Crippen LogP contribution in [0.15, 0.2) is 72.8 Å². The Morgan fingerprint density at radius 3 is 2.40 bits per heavy atom. The van der Waals surface area contributed by atoms with Gasteiger partial charge in [0.1, 0.15) is 12.4 Å². The van der Waals surface area contributed by atoms with E-state index in [-0.39, 0.29) is 36.3 Å². The minimum atomic E-state index is -1.11. The molecule has 4 rings (SSSR count). The molecule has 2 amide bonds. The monoisotopic (exact) mass is 475 g/mol. The van der Waals surface area contributed by atoms with Crippen molar-refractivity contribution in [3.8, 4) is 0 Å². The molecular weight excluding hydrogens is 449 g/mol. The van der Waals surface area contributed by atoms with E-state index in [2.05, 4.69) is 5.32 Å². The molecule has 0 aromatic heterocycles. The highest BCUT2D eigenvalue weighted by Crippen LogP contribution is 2.35. The number of aryl methyl sites for hydroxylation is 1. The summed E-state index contributed by atoms with van der Waals surface area (Å²) in [7, 11) is 0. The molecule has 0 atom stereocenters. The first-order valence-electron chi connectivity index (χ1n) is 11.4. The summed E-state index contributed by atoms with van der Waals surface area (Å²) in [5, 5.41) is 12.5. The first-order chi connectivity index (χ1) is 16.9. The zero-order valence-electron chi connectivity index (χ0n) is 19.1. The maximum atomic E-state index is 13.1. The van der Waals surface area contributed by atoms with E-state index in [1.54, 1.807) is 23.1 Å². The third kappa shape index (κ3) is 5.91. The smallest absolute Gasteiger partial charge is 0.335 e. The molecule has 8 heteroatoms. The van der Waals surface area contributed by atoms with Crippen molar-refractivity contribution >= 4 is 29.2 Å². The molecule has 180 valence electrons.